The van der Waals surface area contributed by atoms with E-state index in [1.54, 1.807) is 35.6 Å². The molecule has 0 aliphatic heterocycles. The number of para-hydroxylation sites is 1. The van der Waals surface area contributed by atoms with Gasteiger partial charge in [0.15, 0.2) is 0 Å². The maximum atomic E-state index is 13.2. The van der Waals surface area contributed by atoms with Crippen molar-refractivity contribution in [2.75, 3.05) is 5.32 Å². The molecule has 0 bridgehead atoms. The van der Waals surface area contributed by atoms with Crippen molar-refractivity contribution in [3.8, 4) is 0 Å². The Hall–Kier alpha value is -3.45. The maximum Gasteiger partial charge on any atom is 0.331 e. The highest BCUT2D eigenvalue weighted by molar-refractivity contribution is 7.09. The number of nitrogens with zero attached hydrogens (tertiary/aromatic N) is 2. The van der Waals surface area contributed by atoms with Gasteiger partial charge < -0.3 is 5.32 Å². The molecule has 0 radical (unpaired) electrons. The molecule has 4 aromatic rings. The molecule has 0 saturated carbocycles. The third-order valence-electron chi connectivity index (χ3n) is 5.21. The van der Waals surface area contributed by atoms with E-state index in [1.165, 1.54) is 9.13 Å². The minimum atomic E-state index is -0.474. The zero-order valence-electron chi connectivity index (χ0n) is 17.2. The number of nitrogens with one attached hydrogen (secondary N) is 1. The largest absolute Gasteiger partial charge is 0.331 e. The number of rotatable bonds is 7. The Balaban J connectivity index is 1.68. The highest BCUT2D eigenvalue weighted by atomic mass is 32.1. The van der Waals surface area contributed by atoms with Gasteiger partial charge in [-0.1, -0.05) is 37.3 Å². The predicted molar refractivity (Wildman–Crippen MR) is 125 cm³/mol. The van der Waals surface area contributed by atoms with Crippen LogP contribution in [0.1, 0.15) is 17.4 Å². The van der Waals surface area contributed by atoms with Gasteiger partial charge in [0.2, 0.25) is 5.91 Å². The number of benzene rings is 2. The van der Waals surface area contributed by atoms with Crippen LogP contribution in [0.3, 0.4) is 0 Å². The van der Waals surface area contributed by atoms with Crippen molar-refractivity contribution in [2.24, 2.45) is 0 Å². The summed E-state index contributed by atoms with van der Waals surface area (Å²) in [5.74, 6) is -0.316. The van der Waals surface area contributed by atoms with E-state index in [0.717, 1.165) is 16.9 Å². The van der Waals surface area contributed by atoms with Gasteiger partial charge in [-0.15, -0.1) is 11.3 Å². The van der Waals surface area contributed by atoms with Gasteiger partial charge in [0.05, 0.1) is 10.9 Å². The second-order valence-corrected chi connectivity index (χ2v) is 8.31. The number of anilines is 1. The Morgan fingerprint density at radius 2 is 1.84 bits per heavy atom. The first kappa shape index (κ1) is 20.8. The fourth-order valence-corrected chi connectivity index (χ4v) is 4.31. The summed E-state index contributed by atoms with van der Waals surface area (Å²) in [7, 11) is 0. The fraction of sp³-hybridized carbons (Fsp3) is 0.208. The molecule has 0 saturated heterocycles. The average Bonchev–Trinajstić information content (AvgIpc) is 3.30. The summed E-state index contributed by atoms with van der Waals surface area (Å²) >= 11 is 1.59. The lowest BCUT2D eigenvalue weighted by Crippen LogP contribution is -2.42. The molecular weight excluding hydrogens is 410 g/mol. The molecule has 1 N–H and O–H groups in total. The molecule has 158 valence electrons. The molecule has 1 amide bonds. The van der Waals surface area contributed by atoms with Crippen molar-refractivity contribution in [1.29, 1.82) is 0 Å². The Morgan fingerprint density at radius 1 is 1.00 bits per heavy atom. The SMILES string of the molecule is CCc1cccc(NC(=O)Cn2c(=O)n(CCc3cccs3)c(=O)c3ccccc32)c1. The van der Waals surface area contributed by atoms with E-state index >= 15 is 0 Å². The van der Waals surface area contributed by atoms with Gasteiger partial charge in [0.1, 0.15) is 6.54 Å². The summed E-state index contributed by atoms with van der Waals surface area (Å²) in [5.41, 5.74) is 1.46. The quantitative estimate of drug-likeness (QED) is 0.483. The van der Waals surface area contributed by atoms with Crippen LogP contribution in [0, 0.1) is 0 Å². The molecule has 2 aromatic heterocycles. The Morgan fingerprint density at radius 3 is 2.61 bits per heavy atom. The summed E-state index contributed by atoms with van der Waals surface area (Å²) in [6.45, 7) is 2.14. The predicted octanol–water partition coefficient (Wildman–Crippen LogP) is 3.67. The van der Waals surface area contributed by atoms with E-state index in [0.29, 0.717) is 23.0 Å². The van der Waals surface area contributed by atoms with Gasteiger partial charge in [0, 0.05) is 17.1 Å². The van der Waals surface area contributed by atoms with E-state index in [2.05, 4.69) is 5.32 Å². The maximum absolute atomic E-state index is 13.2. The molecule has 7 heteroatoms. The first-order chi connectivity index (χ1) is 15.1. The number of aromatic nitrogens is 2. The number of amides is 1. The van der Waals surface area contributed by atoms with Crippen LogP contribution in [0.5, 0.6) is 0 Å². The van der Waals surface area contributed by atoms with E-state index in [9.17, 15) is 14.4 Å². The Kier molecular flexibility index (Phi) is 6.13. The van der Waals surface area contributed by atoms with Crippen LogP contribution in [-0.4, -0.2) is 15.0 Å². The topological polar surface area (TPSA) is 73.1 Å². The smallest absolute Gasteiger partial charge is 0.325 e. The highest BCUT2D eigenvalue weighted by Gasteiger charge is 2.15. The number of aryl methyl sites for hydroxylation is 2. The van der Waals surface area contributed by atoms with Gasteiger partial charge in [-0.25, -0.2) is 4.79 Å². The van der Waals surface area contributed by atoms with E-state index in [4.69, 9.17) is 0 Å². The summed E-state index contributed by atoms with van der Waals surface area (Å²) in [4.78, 5) is 40.0. The molecule has 0 aliphatic rings. The zero-order chi connectivity index (χ0) is 21.8. The van der Waals surface area contributed by atoms with Crippen molar-refractivity contribution in [3.05, 3.63) is 97.3 Å². The van der Waals surface area contributed by atoms with E-state index in [-0.39, 0.29) is 24.6 Å². The lowest BCUT2D eigenvalue weighted by Gasteiger charge is -2.14. The van der Waals surface area contributed by atoms with Crippen molar-refractivity contribution in [1.82, 2.24) is 9.13 Å². The molecule has 0 spiro atoms. The fourth-order valence-electron chi connectivity index (χ4n) is 3.61. The Labute approximate surface area is 183 Å². The number of carbonyl (C=O) groups excluding carboxylic acids is 1. The number of fused-ring (bicyclic) bond motifs is 1. The first-order valence-electron chi connectivity index (χ1n) is 10.2. The summed E-state index contributed by atoms with van der Waals surface area (Å²) in [6.07, 6.45) is 1.45. The lowest BCUT2D eigenvalue weighted by atomic mass is 10.1. The molecule has 0 fully saturated rings. The van der Waals surface area contributed by atoms with Crippen LogP contribution < -0.4 is 16.6 Å². The summed E-state index contributed by atoms with van der Waals surface area (Å²) in [6, 6.07) is 18.5. The monoisotopic (exact) mass is 433 g/mol. The zero-order valence-corrected chi connectivity index (χ0v) is 18.0. The molecule has 6 nitrogen and oxygen atoms in total. The molecular formula is C24H23N3O3S. The second-order valence-electron chi connectivity index (χ2n) is 7.27. The number of thiophene rings is 1. The third-order valence-corrected chi connectivity index (χ3v) is 6.15. The second kappa shape index (κ2) is 9.14. The van der Waals surface area contributed by atoms with Gasteiger partial charge in [-0.05, 0) is 54.1 Å². The van der Waals surface area contributed by atoms with Crippen molar-refractivity contribution in [2.45, 2.75) is 32.9 Å². The minimum absolute atomic E-state index is 0.172. The third kappa shape index (κ3) is 4.51. The van der Waals surface area contributed by atoms with Crippen LogP contribution >= 0.6 is 11.3 Å². The Bertz CT molecular complexity index is 1340. The van der Waals surface area contributed by atoms with Crippen LogP contribution in [0.4, 0.5) is 5.69 Å². The molecule has 0 atom stereocenters. The van der Waals surface area contributed by atoms with Gasteiger partial charge in [-0.3, -0.25) is 18.7 Å². The highest BCUT2D eigenvalue weighted by Crippen LogP contribution is 2.13. The van der Waals surface area contributed by atoms with Gasteiger partial charge in [0.25, 0.3) is 5.56 Å². The van der Waals surface area contributed by atoms with Crippen molar-refractivity contribution < 1.29 is 4.79 Å². The number of carbonyl (C=O) groups is 1. The molecule has 2 aromatic carbocycles. The molecule has 4 rings (SSSR count). The van der Waals surface area contributed by atoms with Crippen LogP contribution in [-0.2, 0) is 30.7 Å². The molecule has 0 aliphatic carbocycles. The molecule has 31 heavy (non-hydrogen) atoms. The molecule has 0 unspecified atom stereocenters. The normalized spacial score (nSPS) is 11.0. The first-order valence-corrected chi connectivity index (χ1v) is 11.1. The lowest BCUT2D eigenvalue weighted by molar-refractivity contribution is -0.116. The van der Waals surface area contributed by atoms with Crippen LogP contribution in [0.2, 0.25) is 0 Å². The van der Waals surface area contributed by atoms with Crippen molar-refractivity contribution in [3.63, 3.8) is 0 Å². The van der Waals surface area contributed by atoms with Crippen LogP contribution in [0.15, 0.2) is 75.6 Å². The number of hydrogen-bond donors (Lipinski definition) is 1. The van der Waals surface area contributed by atoms with Gasteiger partial charge >= 0.3 is 5.69 Å². The van der Waals surface area contributed by atoms with E-state index < -0.39 is 5.69 Å². The molecule has 2 heterocycles. The summed E-state index contributed by atoms with van der Waals surface area (Å²) in [5, 5.41) is 5.25. The van der Waals surface area contributed by atoms with E-state index in [1.807, 2.05) is 48.7 Å². The minimum Gasteiger partial charge on any atom is -0.325 e. The number of hydrogen-bond acceptors (Lipinski definition) is 4. The average molecular weight is 434 g/mol. The van der Waals surface area contributed by atoms with Crippen molar-refractivity contribution >= 4 is 33.8 Å². The van der Waals surface area contributed by atoms with Crippen LogP contribution in [0.25, 0.3) is 10.9 Å². The summed E-state index contributed by atoms with van der Waals surface area (Å²) < 4.78 is 2.61. The van der Waals surface area contributed by atoms with Gasteiger partial charge in [-0.2, -0.15) is 0 Å². The standard InChI is InChI=1S/C24H23N3O3S/c1-2-17-7-5-8-18(15-17)25-22(28)16-27-21-11-4-3-10-20(21)23(29)26(24(27)30)13-12-19-9-6-14-31-19/h3-11,14-15H,2,12-13,16H2,1H3,(H,25,28).